The average molecular weight is 255 g/mol. The summed E-state index contributed by atoms with van der Waals surface area (Å²) >= 11 is 0. The Morgan fingerprint density at radius 3 is 2.11 bits per heavy atom. The first kappa shape index (κ1) is 13.5. The Kier molecular flexibility index (Phi) is 4.45. The third kappa shape index (κ3) is 4.32. The highest BCUT2D eigenvalue weighted by Crippen LogP contribution is 2.16. The first-order chi connectivity index (χ1) is 9.13. The Hall–Kier alpha value is -1.96. The lowest BCUT2D eigenvalue weighted by Gasteiger charge is -2.10. The van der Waals surface area contributed by atoms with Crippen molar-refractivity contribution in [1.29, 1.82) is 0 Å². The second-order valence-electron chi connectivity index (χ2n) is 4.96. The molecule has 2 nitrogen and oxygen atoms in total. The average Bonchev–Trinajstić information content (AvgIpc) is 2.36. The fourth-order valence-corrected chi connectivity index (χ4v) is 2.05. The van der Waals surface area contributed by atoms with Crippen LogP contribution in [-0.2, 0) is 0 Å². The lowest BCUT2D eigenvalue weighted by Crippen LogP contribution is -2.11. The molecule has 2 aromatic carbocycles. The monoisotopic (exact) mass is 255 g/mol. The number of nitrogens with one attached hydrogen (secondary N) is 1. The van der Waals surface area contributed by atoms with Crippen LogP contribution in [0.5, 0.6) is 5.75 Å². The van der Waals surface area contributed by atoms with Crippen molar-refractivity contribution in [2.45, 2.75) is 20.8 Å². The predicted octanol–water partition coefficient (Wildman–Crippen LogP) is 4.10. The van der Waals surface area contributed by atoms with Gasteiger partial charge in [-0.05, 0) is 56.2 Å². The number of benzene rings is 2. The fraction of sp³-hybridized carbons (Fsp3) is 0.294. The van der Waals surface area contributed by atoms with E-state index in [4.69, 9.17) is 4.74 Å². The van der Waals surface area contributed by atoms with Gasteiger partial charge in [0, 0.05) is 12.2 Å². The van der Waals surface area contributed by atoms with E-state index in [1.807, 2.05) is 0 Å². The molecule has 0 saturated heterocycles. The first-order valence-electron chi connectivity index (χ1n) is 6.65. The SMILES string of the molecule is Cc1ccc(NCCOc2cc(C)cc(C)c2)cc1. The molecule has 0 aliphatic heterocycles. The molecule has 100 valence electrons. The Bertz CT molecular complexity index is 511. The van der Waals surface area contributed by atoms with Gasteiger partial charge in [0.15, 0.2) is 0 Å². The molecule has 0 heterocycles. The highest BCUT2D eigenvalue weighted by atomic mass is 16.5. The molecule has 0 bridgehead atoms. The molecule has 19 heavy (non-hydrogen) atoms. The number of ether oxygens (including phenoxy) is 1. The van der Waals surface area contributed by atoms with Crippen LogP contribution in [0.25, 0.3) is 0 Å². The number of aryl methyl sites for hydroxylation is 3. The third-order valence-corrected chi connectivity index (χ3v) is 2.95. The number of anilines is 1. The van der Waals surface area contributed by atoms with Crippen LogP contribution >= 0.6 is 0 Å². The first-order valence-corrected chi connectivity index (χ1v) is 6.65. The summed E-state index contributed by atoms with van der Waals surface area (Å²) in [7, 11) is 0. The van der Waals surface area contributed by atoms with E-state index in [0.717, 1.165) is 18.0 Å². The van der Waals surface area contributed by atoms with Crippen molar-refractivity contribution in [3.05, 3.63) is 59.2 Å². The molecule has 0 atom stereocenters. The number of rotatable bonds is 5. The molecule has 0 amide bonds. The van der Waals surface area contributed by atoms with Crippen molar-refractivity contribution >= 4 is 5.69 Å². The Labute approximate surface area is 115 Å². The van der Waals surface area contributed by atoms with Gasteiger partial charge in [0.1, 0.15) is 12.4 Å². The maximum atomic E-state index is 5.75. The van der Waals surface area contributed by atoms with Crippen LogP contribution < -0.4 is 10.1 Å². The van der Waals surface area contributed by atoms with Crippen LogP contribution in [-0.4, -0.2) is 13.2 Å². The molecule has 0 aliphatic rings. The van der Waals surface area contributed by atoms with Gasteiger partial charge in [-0.1, -0.05) is 23.8 Å². The molecular formula is C17H21NO. The van der Waals surface area contributed by atoms with E-state index in [1.54, 1.807) is 0 Å². The second kappa shape index (κ2) is 6.28. The van der Waals surface area contributed by atoms with Crippen molar-refractivity contribution in [3.8, 4) is 5.75 Å². The third-order valence-electron chi connectivity index (χ3n) is 2.95. The maximum Gasteiger partial charge on any atom is 0.119 e. The minimum atomic E-state index is 0.663. The molecule has 2 heteroatoms. The predicted molar refractivity (Wildman–Crippen MR) is 81.1 cm³/mol. The minimum Gasteiger partial charge on any atom is -0.492 e. The standard InChI is InChI=1S/C17H21NO/c1-13-4-6-16(7-5-13)18-8-9-19-17-11-14(2)10-15(3)12-17/h4-7,10-12,18H,8-9H2,1-3H3. The molecule has 0 radical (unpaired) electrons. The highest BCUT2D eigenvalue weighted by molar-refractivity contribution is 5.44. The molecule has 0 saturated carbocycles. The molecule has 2 rings (SSSR count). The summed E-state index contributed by atoms with van der Waals surface area (Å²) < 4.78 is 5.75. The smallest absolute Gasteiger partial charge is 0.119 e. The normalized spacial score (nSPS) is 10.3. The summed E-state index contributed by atoms with van der Waals surface area (Å²) in [4.78, 5) is 0. The van der Waals surface area contributed by atoms with Gasteiger partial charge in [-0.2, -0.15) is 0 Å². The van der Waals surface area contributed by atoms with Gasteiger partial charge in [-0.25, -0.2) is 0 Å². The Morgan fingerprint density at radius 1 is 0.842 bits per heavy atom. The van der Waals surface area contributed by atoms with E-state index in [9.17, 15) is 0 Å². The zero-order valence-electron chi connectivity index (χ0n) is 11.9. The van der Waals surface area contributed by atoms with E-state index >= 15 is 0 Å². The van der Waals surface area contributed by atoms with Crippen molar-refractivity contribution < 1.29 is 4.74 Å². The molecule has 0 spiro atoms. The Morgan fingerprint density at radius 2 is 1.47 bits per heavy atom. The minimum absolute atomic E-state index is 0.663. The lowest BCUT2D eigenvalue weighted by atomic mass is 10.1. The Balaban J connectivity index is 1.79. The zero-order chi connectivity index (χ0) is 13.7. The summed E-state index contributed by atoms with van der Waals surface area (Å²) in [6.45, 7) is 7.73. The van der Waals surface area contributed by atoms with Crippen LogP contribution in [0.1, 0.15) is 16.7 Å². The van der Waals surface area contributed by atoms with Gasteiger partial charge in [0.05, 0.1) is 0 Å². The summed E-state index contributed by atoms with van der Waals surface area (Å²) in [5.74, 6) is 0.947. The van der Waals surface area contributed by atoms with Gasteiger partial charge in [-0.3, -0.25) is 0 Å². The molecule has 0 aromatic heterocycles. The van der Waals surface area contributed by atoms with E-state index < -0.39 is 0 Å². The summed E-state index contributed by atoms with van der Waals surface area (Å²) in [5, 5.41) is 3.35. The van der Waals surface area contributed by atoms with E-state index in [2.05, 4.69) is 68.6 Å². The summed E-state index contributed by atoms with van der Waals surface area (Å²) in [6.07, 6.45) is 0. The molecule has 2 aromatic rings. The van der Waals surface area contributed by atoms with E-state index in [0.29, 0.717) is 6.61 Å². The molecule has 1 N–H and O–H groups in total. The van der Waals surface area contributed by atoms with Crippen molar-refractivity contribution in [2.24, 2.45) is 0 Å². The molecule has 0 aliphatic carbocycles. The van der Waals surface area contributed by atoms with Gasteiger partial charge in [-0.15, -0.1) is 0 Å². The second-order valence-corrected chi connectivity index (χ2v) is 4.96. The van der Waals surface area contributed by atoms with Gasteiger partial charge in [0.25, 0.3) is 0 Å². The van der Waals surface area contributed by atoms with E-state index in [1.165, 1.54) is 16.7 Å². The van der Waals surface area contributed by atoms with Crippen molar-refractivity contribution in [1.82, 2.24) is 0 Å². The number of hydrogen-bond donors (Lipinski definition) is 1. The van der Waals surface area contributed by atoms with Gasteiger partial charge < -0.3 is 10.1 Å². The molecule has 0 unspecified atom stereocenters. The molecular weight excluding hydrogens is 234 g/mol. The highest BCUT2D eigenvalue weighted by Gasteiger charge is 1.97. The molecule has 0 fully saturated rings. The van der Waals surface area contributed by atoms with Crippen LogP contribution in [0.15, 0.2) is 42.5 Å². The van der Waals surface area contributed by atoms with Crippen LogP contribution in [0.4, 0.5) is 5.69 Å². The van der Waals surface area contributed by atoms with Gasteiger partial charge in [0.2, 0.25) is 0 Å². The van der Waals surface area contributed by atoms with Crippen molar-refractivity contribution in [3.63, 3.8) is 0 Å². The summed E-state index contributed by atoms with van der Waals surface area (Å²) in [6, 6.07) is 14.7. The number of hydrogen-bond acceptors (Lipinski definition) is 2. The van der Waals surface area contributed by atoms with Crippen LogP contribution in [0, 0.1) is 20.8 Å². The maximum absolute atomic E-state index is 5.75. The van der Waals surface area contributed by atoms with E-state index in [-0.39, 0.29) is 0 Å². The largest absolute Gasteiger partial charge is 0.492 e. The summed E-state index contributed by atoms with van der Waals surface area (Å²) in [5.41, 5.74) is 4.88. The lowest BCUT2D eigenvalue weighted by molar-refractivity contribution is 0.332. The zero-order valence-corrected chi connectivity index (χ0v) is 11.9. The quantitative estimate of drug-likeness (QED) is 0.812. The van der Waals surface area contributed by atoms with Gasteiger partial charge >= 0.3 is 0 Å². The topological polar surface area (TPSA) is 21.3 Å². The fourth-order valence-electron chi connectivity index (χ4n) is 2.05. The van der Waals surface area contributed by atoms with Crippen LogP contribution in [0.3, 0.4) is 0 Å². The van der Waals surface area contributed by atoms with Crippen LogP contribution in [0.2, 0.25) is 0 Å². The van der Waals surface area contributed by atoms with Crippen molar-refractivity contribution in [2.75, 3.05) is 18.5 Å².